The van der Waals surface area contributed by atoms with Crippen LogP contribution in [0, 0.1) is 17.2 Å². The number of anilines is 1. The van der Waals surface area contributed by atoms with E-state index in [1.165, 1.54) is 0 Å². The standard InChI is InChI=1S/C14H17N3O3/c1-9(2)7-12(13(18)19)17-14(20)16-11-5-3-10(8-15)4-6-11/h3-6,9,12H,7H2,1-2H3,(H,18,19)(H2,16,17,20)/t12-/m1/s1. The van der Waals surface area contributed by atoms with Crippen molar-refractivity contribution < 1.29 is 14.7 Å². The number of hydrogen-bond acceptors (Lipinski definition) is 3. The van der Waals surface area contributed by atoms with Gasteiger partial charge in [0.1, 0.15) is 6.04 Å². The molecule has 0 aliphatic rings. The van der Waals surface area contributed by atoms with Gasteiger partial charge in [-0.3, -0.25) is 0 Å². The smallest absolute Gasteiger partial charge is 0.326 e. The third-order valence-corrected chi connectivity index (χ3v) is 2.58. The predicted molar refractivity (Wildman–Crippen MR) is 74.2 cm³/mol. The SMILES string of the molecule is CC(C)C[C@@H](NC(=O)Nc1ccc(C#N)cc1)C(=O)O. The predicted octanol–water partition coefficient (Wildman–Crippen LogP) is 2.18. The third kappa shape index (κ3) is 4.98. The molecule has 0 saturated carbocycles. The summed E-state index contributed by atoms with van der Waals surface area (Å²) >= 11 is 0. The summed E-state index contributed by atoms with van der Waals surface area (Å²) < 4.78 is 0. The zero-order chi connectivity index (χ0) is 15.1. The van der Waals surface area contributed by atoms with E-state index in [0.717, 1.165) is 0 Å². The van der Waals surface area contributed by atoms with Crippen LogP contribution in [0.5, 0.6) is 0 Å². The maximum absolute atomic E-state index is 11.7. The molecule has 0 saturated heterocycles. The van der Waals surface area contributed by atoms with Gasteiger partial charge in [0.25, 0.3) is 0 Å². The number of rotatable bonds is 5. The van der Waals surface area contributed by atoms with Gasteiger partial charge in [0.2, 0.25) is 0 Å². The van der Waals surface area contributed by atoms with E-state index in [-0.39, 0.29) is 5.92 Å². The highest BCUT2D eigenvalue weighted by Crippen LogP contribution is 2.09. The van der Waals surface area contributed by atoms with Crippen molar-refractivity contribution in [3.63, 3.8) is 0 Å². The first-order valence-corrected chi connectivity index (χ1v) is 6.23. The van der Waals surface area contributed by atoms with E-state index < -0.39 is 18.0 Å². The van der Waals surface area contributed by atoms with Gasteiger partial charge in [-0.2, -0.15) is 5.26 Å². The fourth-order valence-electron chi connectivity index (χ4n) is 1.65. The van der Waals surface area contributed by atoms with Crippen LogP contribution in [0.4, 0.5) is 10.5 Å². The molecule has 1 atom stereocenters. The molecular formula is C14H17N3O3. The molecule has 106 valence electrons. The summed E-state index contributed by atoms with van der Waals surface area (Å²) in [5.74, 6) is -0.903. The number of carbonyl (C=O) groups excluding carboxylic acids is 1. The molecule has 3 N–H and O–H groups in total. The first-order valence-electron chi connectivity index (χ1n) is 6.23. The molecule has 2 amide bonds. The summed E-state index contributed by atoms with van der Waals surface area (Å²) in [5, 5.41) is 22.6. The van der Waals surface area contributed by atoms with Crippen LogP contribution in [0.3, 0.4) is 0 Å². The molecule has 0 bridgehead atoms. The van der Waals surface area contributed by atoms with Gasteiger partial charge in [-0.15, -0.1) is 0 Å². The molecule has 0 heterocycles. The van der Waals surface area contributed by atoms with E-state index in [0.29, 0.717) is 17.7 Å². The minimum absolute atomic E-state index is 0.159. The Morgan fingerprint density at radius 2 is 1.90 bits per heavy atom. The summed E-state index contributed by atoms with van der Waals surface area (Å²) in [6.07, 6.45) is 0.357. The maximum Gasteiger partial charge on any atom is 0.326 e. The summed E-state index contributed by atoms with van der Waals surface area (Å²) in [4.78, 5) is 22.7. The lowest BCUT2D eigenvalue weighted by Crippen LogP contribution is -2.43. The second-order valence-electron chi connectivity index (χ2n) is 4.81. The van der Waals surface area contributed by atoms with Gasteiger partial charge in [0, 0.05) is 5.69 Å². The molecule has 0 fully saturated rings. The number of carbonyl (C=O) groups is 2. The van der Waals surface area contributed by atoms with Crippen molar-refractivity contribution >= 4 is 17.7 Å². The zero-order valence-corrected chi connectivity index (χ0v) is 11.4. The van der Waals surface area contributed by atoms with Crippen LogP contribution in [0.1, 0.15) is 25.8 Å². The minimum Gasteiger partial charge on any atom is -0.480 e. The highest BCUT2D eigenvalue weighted by molar-refractivity contribution is 5.92. The van der Waals surface area contributed by atoms with Crippen molar-refractivity contribution in [2.24, 2.45) is 5.92 Å². The van der Waals surface area contributed by atoms with Gasteiger partial charge < -0.3 is 15.7 Å². The first-order chi connectivity index (χ1) is 9.42. The number of amides is 2. The molecule has 6 heteroatoms. The largest absolute Gasteiger partial charge is 0.480 e. The molecule has 0 aromatic heterocycles. The van der Waals surface area contributed by atoms with Crippen LogP contribution in [0.2, 0.25) is 0 Å². The van der Waals surface area contributed by atoms with E-state index >= 15 is 0 Å². The number of urea groups is 1. The van der Waals surface area contributed by atoms with Gasteiger partial charge in [0.05, 0.1) is 11.6 Å². The fourth-order valence-corrected chi connectivity index (χ4v) is 1.65. The Morgan fingerprint density at radius 3 is 2.35 bits per heavy atom. The van der Waals surface area contributed by atoms with Crippen LogP contribution in [0.25, 0.3) is 0 Å². The third-order valence-electron chi connectivity index (χ3n) is 2.58. The maximum atomic E-state index is 11.7. The van der Waals surface area contributed by atoms with Crippen molar-refractivity contribution in [1.29, 1.82) is 5.26 Å². The van der Waals surface area contributed by atoms with E-state index in [9.17, 15) is 9.59 Å². The average molecular weight is 275 g/mol. The topological polar surface area (TPSA) is 102 Å². The van der Waals surface area contributed by atoms with Crippen LogP contribution in [0.15, 0.2) is 24.3 Å². The Morgan fingerprint density at radius 1 is 1.30 bits per heavy atom. The highest BCUT2D eigenvalue weighted by Gasteiger charge is 2.20. The Balaban J connectivity index is 2.61. The van der Waals surface area contributed by atoms with Crippen LogP contribution >= 0.6 is 0 Å². The summed E-state index contributed by atoms with van der Waals surface area (Å²) in [7, 11) is 0. The second kappa shape index (κ2) is 7.14. The normalized spacial score (nSPS) is 11.5. The number of benzene rings is 1. The number of carboxylic acids is 1. The molecule has 1 aromatic rings. The number of aliphatic carboxylic acids is 1. The number of nitrogens with zero attached hydrogens (tertiary/aromatic N) is 1. The number of nitriles is 1. The quantitative estimate of drug-likeness (QED) is 0.766. The van der Waals surface area contributed by atoms with Crippen molar-refractivity contribution in [2.45, 2.75) is 26.3 Å². The average Bonchev–Trinajstić information content (AvgIpc) is 2.38. The lowest BCUT2D eigenvalue weighted by Gasteiger charge is -2.16. The number of hydrogen-bond donors (Lipinski definition) is 3. The lowest BCUT2D eigenvalue weighted by atomic mass is 10.0. The molecular weight excluding hydrogens is 258 g/mol. The Bertz CT molecular complexity index is 517. The van der Waals surface area contributed by atoms with Crippen LogP contribution in [-0.2, 0) is 4.79 Å². The number of nitrogens with one attached hydrogen (secondary N) is 2. The minimum atomic E-state index is -1.06. The second-order valence-corrected chi connectivity index (χ2v) is 4.81. The van der Waals surface area contributed by atoms with E-state index in [2.05, 4.69) is 10.6 Å². The number of carboxylic acid groups (broad SMARTS) is 1. The van der Waals surface area contributed by atoms with Crippen molar-refractivity contribution in [1.82, 2.24) is 5.32 Å². The van der Waals surface area contributed by atoms with E-state index in [1.54, 1.807) is 24.3 Å². The zero-order valence-electron chi connectivity index (χ0n) is 11.4. The summed E-state index contributed by atoms with van der Waals surface area (Å²) in [6, 6.07) is 6.76. The molecule has 0 spiro atoms. The monoisotopic (exact) mass is 275 g/mol. The van der Waals surface area contributed by atoms with Crippen LogP contribution in [-0.4, -0.2) is 23.1 Å². The van der Waals surface area contributed by atoms with Gasteiger partial charge in [-0.05, 0) is 36.6 Å². The van der Waals surface area contributed by atoms with Gasteiger partial charge in [0.15, 0.2) is 0 Å². The fraction of sp³-hybridized carbons (Fsp3) is 0.357. The van der Waals surface area contributed by atoms with E-state index in [1.807, 2.05) is 19.9 Å². The Kier molecular flexibility index (Phi) is 5.54. The van der Waals surface area contributed by atoms with Gasteiger partial charge in [-0.1, -0.05) is 13.8 Å². The van der Waals surface area contributed by atoms with Gasteiger partial charge >= 0.3 is 12.0 Å². The van der Waals surface area contributed by atoms with Crippen molar-refractivity contribution in [3.05, 3.63) is 29.8 Å². The molecule has 0 aliphatic carbocycles. The molecule has 20 heavy (non-hydrogen) atoms. The first kappa shape index (κ1) is 15.5. The summed E-state index contributed by atoms with van der Waals surface area (Å²) in [5.41, 5.74) is 0.981. The molecule has 0 radical (unpaired) electrons. The molecule has 1 aromatic carbocycles. The highest BCUT2D eigenvalue weighted by atomic mass is 16.4. The lowest BCUT2D eigenvalue weighted by molar-refractivity contribution is -0.139. The molecule has 0 aliphatic heterocycles. The molecule has 0 unspecified atom stereocenters. The Hall–Kier alpha value is -2.55. The van der Waals surface area contributed by atoms with Gasteiger partial charge in [-0.25, -0.2) is 9.59 Å². The van der Waals surface area contributed by atoms with Crippen molar-refractivity contribution in [3.8, 4) is 6.07 Å². The Labute approximate surface area is 117 Å². The molecule has 6 nitrogen and oxygen atoms in total. The van der Waals surface area contributed by atoms with E-state index in [4.69, 9.17) is 10.4 Å². The summed E-state index contributed by atoms with van der Waals surface area (Å²) in [6.45, 7) is 3.77. The van der Waals surface area contributed by atoms with Crippen molar-refractivity contribution in [2.75, 3.05) is 5.32 Å². The molecule has 1 rings (SSSR count). The van der Waals surface area contributed by atoms with Crippen LogP contribution < -0.4 is 10.6 Å².